The summed E-state index contributed by atoms with van der Waals surface area (Å²) in [5, 5.41) is 30.1. The van der Waals surface area contributed by atoms with Crippen molar-refractivity contribution >= 4 is 29.3 Å². The van der Waals surface area contributed by atoms with Crippen LogP contribution in [0.3, 0.4) is 0 Å². The largest absolute Gasteiger partial charge is 0.491 e. The standard InChI is InChI=1S/C21H25N3O6S/c1-4-31-20-18(27)15-9(17(26)19(20)30-3)5-12-16-10(21(28)29)6-11(23(16)2)13(7-22)24(12)14(15)8-25/h10-14,16,25H,4-6,8H2,1-3H3,(H,28,29)/t10-,11+,12+,13?,14+,16-/m1/s1. The van der Waals surface area contributed by atoms with Gasteiger partial charge in [-0.2, -0.15) is 5.26 Å². The number of ketones is 2. The maximum absolute atomic E-state index is 13.4. The van der Waals surface area contributed by atoms with E-state index in [4.69, 9.17) is 4.74 Å². The lowest BCUT2D eigenvalue weighted by molar-refractivity contribution is -0.144. The first-order valence-corrected chi connectivity index (χ1v) is 11.3. The molecule has 0 aromatic rings. The highest BCUT2D eigenvalue weighted by molar-refractivity contribution is 8.04. The molecule has 0 aromatic carbocycles. The summed E-state index contributed by atoms with van der Waals surface area (Å²) < 4.78 is 5.30. The Labute approximate surface area is 184 Å². The number of ether oxygens (including phenoxy) is 1. The Morgan fingerprint density at radius 3 is 2.58 bits per heavy atom. The van der Waals surface area contributed by atoms with Gasteiger partial charge in [-0.3, -0.25) is 24.2 Å². The van der Waals surface area contributed by atoms with E-state index in [1.54, 1.807) is 4.90 Å². The first kappa shape index (κ1) is 22.0. The molecule has 10 heteroatoms. The number of methoxy groups -OCH3 is 1. The van der Waals surface area contributed by atoms with Crippen LogP contribution in [0.15, 0.2) is 21.8 Å². The van der Waals surface area contributed by atoms with E-state index in [0.717, 1.165) is 0 Å². The van der Waals surface area contributed by atoms with Crippen LogP contribution >= 0.6 is 11.8 Å². The number of aliphatic carboxylic acids is 1. The number of nitriles is 1. The average Bonchev–Trinajstić information content (AvgIpc) is 3.00. The summed E-state index contributed by atoms with van der Waals surface area (Å²) in [6.07, 6.45) is 0.446. The number of fused-ring (bicyclic) bond motifs is 4. The van der Waals surface area contributed by atoms with Crippen LogP contribution in [0.25, 0.3) is 0 Å². The molecule has 2 bridgehead atoms. The number of allylic oxidation sites excluding steroid dienone is 2. The van der Waals surface area contributed by atoms with Gasteiger partial charge in [-0.05, 0) is 25.6 Å². The molecule has 1 aliphatic carbocycles. The number of hydrogen-bond acceptors (Lipinski definition) is 9. The molecule has 166 valence electrons. The molecule has 2 N–H and O–H groups in total. The molecule has 0 aromatic heterocycles. The number of Topliss-reactive ketones (excluding diaryl/α,β-unsaturated/α-hetero) is 2. The molecule has 4 rings (SSSR count). The number of aliphatic hydroxyl groups is 1. The summed E-state index contributed by atoms with van der Waals surface area (Å²) >= 11 is 1.22. The minimum absolute atomic E-state index is 0.000759. The van der Waals surface area contributed by atoms with Crippen molar-refractivity contribution in [2.45, 2.75) is 50.0 Å². The van der Waals surface area contributed by atoms with Crippen molar-refractivity contribution < 1.29 is 29.3 Å². The van der Waals surface area contributed by atoms with Crippen LogP contribution < -0.4 is 0 Å². The third kappa shape index (κ3) is 2.98. The van der Waals surface area contributed by atoms with Gasteiger partial charge in [-0.25, -0.2) is 0 Å². The lowest BCUT2D eigenvalue weighted by Gasteiger charge is -2.54. The van der Waals surface area contributed by atoms with Crippen LogP contribution in [-0.4, -0.2) is 94.3 Å². The summed E-state index contributed by atoms with van der Waals surface area (Å²) in [4.78, 5) is 42.7. The molecule has 1 unspecified atom stereocenters. The van der Waals surface area contributed by atoms with Crippen LogP contribution in [0.4, 0.5) is 0 Å². The smallest absolute Gasteiger partial charge is 0.308 e. The maximum atomic E-state index is 13.4. The monoisotopic (exact) mass is 447 g/mol. The number of thioether (sulfide) groups is 1. The Hall–Kier alpha value is -2.19. The van der Waals surface area contributed by atoms with Crippen molar-refractivity contribution in [2.24, 2.45) is 5.92 Å². The van der Waals surface area contributed by atoms with Gasteiger partial charge in [0.1, 0.15) is 10.9 Å². The van der Waals surface area contributed by atoms with Crippen molar-refractivity contribution in [3.63, 3.8) is 0 Å². The number of rotatable bonds is 5. The molecule has 0 amide bonds. The van der Waals surface area contributed by atoms with E-state index in [9.17, 15) is 29.9 Å². The first-order chi connectivity index (χ1) is 14.8. The number of hydrogen-bond donors (Lipinski definition) is 2. The molecular formula is C21H25N3O6S. The van der Waals surface area contributed by atoms with Gasteiger partial charge in [0.05, 0.1) is 31.7 Å². The van der Waals surface area contributed by atoms with Crippen molar-refractivity contribution in [3.05, 3.63) is 21.8 Å². The predicted octanol–water partition coefficient (Wildman–Crippen LogP) is 0.160. The molecule has 0 spiro atoms. The number of nitrogens with zero attached hydrogens (tertiary/aromatic N) is 3. The second kappa shape index (κ2) is 8.06. The van der Waals surface area contributed by atoms with Crippen molar-refractivity contribution in [3.8, 4) is 6.07 Å². The van der Waals surface area contributed by atoms with E-state index >= 15 is 0 Å². The highest BCUT2D eigenvalue weighted by Gasteiger charge is 2.61. The Balaban J connectivity index is 1.86. The van der Waals surface area contributed by atoms with E-state index in [1.807, 2.05) is 18.9 Å². The average molecular weight is 448 g/mol. The fourth-order valence-corrected chi connectivity index (χ4v) is 6.72. The first-order valence-electron chi connectivity index (χ1n) is 10.3. The molecule has 2 fully saturated rings. The Bertz CT molecular complexity index is 953. The molecule has 31 heavy (non-hydrogen) atoms. The van der Waals surface area contributed by atoms with Crippen molar-refractivity contribution in [2.75, 3.05) is 26.5 Å². The van der Waals surface area contributed by atoms with Crippen LogP contribution in [0.2, 0.25) is 0 Å². The Morgan fingerprint density at radius 2 is 2.03 bits per heavy atom. The van der Waals surface area contributed by atoms with Gasteiger partial charge >= 0.3 is 5.97 Å². The maximum Gasteiger partial charge on any atom is 0.308 e. The van der Waals surface area contributed by atoms with Gasteiger partial charge < -0.3 is 14.9 Å². The number of carbonyl (C=O) groups excluding carboxylic acids is 2. The fourth-order valence-electron chi connectivity index (χ4n) is 5.88. The molecule has 4 aliphatic rings. The van der Waals surface area contributed by atoms with Gasteiger partial charge in [-0.1, -0.05) is 6.92 Å². The van der Waals surface area contributed by atoms with Crippen LogP contribution in [-0.2, 0) is 19.1 Å². The second-order valence-electron chi connectivity index (χ2n) is 8.24. The molecule has 3 aliphatic heterocycles. The van der Waals surface area contributed by atoms with E-state index < -0.39 is 48.4 Å². The molecule has 0 radical (unpaired) electrons. The minimum Gasteiger partial charge on any atom is -0.491 e. The van der Waals surface area contributed by atoms with Gasteiger partial charge in [0, 0.05) is 29.3 Å². The van der Waals surface area contributed by atoms with Gasteiger partial charge in [0.15, 0.2) is 5.76 Å². The zero-order valence-corrected chi connectivity index (χ0v) is 18.4. The zero-order chi connectivity index (χ0) is 22.6. The third-order valence-corrected chi connectivity index (χ3v) is 8.00. The van der Waals surface area contributed by atoms with Crippen LogP contribution in [0, 0.1) is 17.2 Å². The normalized spacial score (nSPS) is 35.7. The summed E-state index contributed by atoms with van der Waals surface area (Å²) in [6, 6.07) is -0.496. The zero-order valence-electron chi connectivity index (χ0n) is 17.6. The quantitative estimate of drug-likeness (QED) is 0.562. The molecular weight excluding hydrogens is 422 g/mol. The van der Waals surface area contributed by atoms with Gasteiger partial charge in [0.25, 0.3) is 0 Å². The number of aliphatic hydroxyl groups excluding tert-OH is 1. The number of carboxylic acid groups (broad SMARTS) is 1. The Morgan fingerprint density at radius 1 is 1.32 bits per heavy atom. The summed E-state index contributed by atoms with van der Waals surface area (Å²) in [6.45, 7) is 1.42. The fraction of sp³-hybridized carbons (Fsp3) is 0.619. The topological polar surface area (TPSA) is 131 Å². The third-order valence-electron chi connectivity index (χ3n) is 7.05. The highest BCUT2D eigenvalue weighted by atomic mass is 32.2. The highest BCUT2D eigenvalue weighted by Crippen LogP contribution is 2.49. The summed E-state index contributed by atoms with van der Waals surface area (Å²) in [5.74, 6) is -1.82. The number of carboxylic acids is 1. The number of likely N-dealkylation sites (N-methyl/N-ethyl adjacent to an activating group) is 1. The molecule has 3 heterocycles. The minimum atomic E-state index is -0.941. The lowest BCUT2D eigenvalue weighted by atomic mass is 9.76. The molecule has 6 atom stereocenters. The van der Waals surface area contributed by atoms with E-state index in [0.29, 0.717) is 12.2 Å². The van der Waals surface area contributed by atoms with E-state index in [1.165, 1.54) is 18.9 Å². The predicted molar refractivity (Wildman–Crippen MR) is 111 cm³/mol. The van der Waals surface area contributed by atoms with E-state index in [-0.39, 0.29) is 40.1 Å². The molecule has 0 saturated carbocycles. The summed E-state index contributed by atoms with van der Waals surface area (Å²) in [7, 11) is 3.16. The van der Waals surface area contributed by atoms with Gasteiger partial charge in [0.2, 0.25) is 11.6 Å². The van der Waals surface area contributed by atoms with Crippen LogP contribution in [0.5, 0.6) is 0 Å². The number of piperazine rings is 1. The Kier molecular flexibility index (Phi) is 5.72. The second-order valence-corrected chi connectivity index (χ2v) is 9.51. The van der Waals surface area contributed by atoms with Gasteiger partial charge in [-0.15, -0.1) is 11.8 Å². The molecule has 9 nitrogen and oxygen atoms in total. The van der Waals surface area contributed by atoms with Crippen molar-refractivity contribution in [1.82, 2.24) is 9.80 Å². The number of carbonyl (C=O) groups is 3. The molecule has 2 saturated heterocycles. The SMILES string of the molecule is CCSC1=C(OC)C(=O)C2=C(C1=O)[C@H](CO)N1C(C#N)[C@@H]3C[C@@H](C(=O)O)[C@H]([C@@H]1C2)N3C. The van der Waals surface area contributed by atoms with Crippen molar-refractivity contribution in [1.29, 1.82) is 5.26 Å². The summed E-state index contributed by atoms with van der Waals surface area (Å²) in [5.41, 5.74) is 0.485. The van der Waals surface area contributed by atoms with E-state index in [2.05, 4.69) is 6.07 Å². The van der Waals surface area contributed by atoms with Crippen LogP contribution in [0.1, 0.15) is 19.8 Å². The lowest BCUT2D eigenvalue weighted by Crippen LogP contribution is -2.69.